The number of rotatable bonds is 6. The summed E-state index contributed by atoms with van der Waals surface area (Å²) in [5, 5.41) is 2.56. The molecule has 0 fully saturated rings. The maximum atomic E-state index is 12.2. The summed E-state index contributed by atoms with van der Waals surface area (Å²) in [5.41, 5.74) is 0.476. The van der Waals surface area contributed by atoms with Crippen molar-refractivity contribution in [2.45, 2.75) is 13.8 Å². The molecule has 8 heteroatoms. The molecule has 1 N–H and O–H groups in total. The first kappa shape index (κ1) is 18.3. The van der Waals surface area contributed by atoms with Gasteiger partial charge in [0.1, 0.15) is 19.5 Å². The molecule has 0 bridgehead atoms. The van der Waals surface area contributed by atoms with Gasteiger partial charge in [0.2, 0.25) is 5.76 Å². The third-order valence-corrected chi connectivity index (χ3v) is 3.09. The van der Waals surface area contributed by atoms with E-state index in [1.165, 1.54) is 24.5 Å². The summed E-state index contributed by atoms with van der Waals surface area (Å²) in [4.78, 5) is 36.1. The highest BCUT2D eigenvalue weighted by Crippen LogP contribution is 2.19. The first-order valence-corrected chi connectivity index (χ1v) is 7.80. The lowest BCUT2D eigenvalue weighted by molar-refractivity contribution is -0.117. The molecule has 0 saturated heterocycles. The molecule has 0 spiro atoms. The molecule has 25 heavy (non-hydrogen) atoms. The van der Waals surface area contributed by atoms with Crippen molar-refractivity contribution in [1.29, 1.82) is 0 Å². The molecule has 0 unspecified atom stereocenters. The van der Waals surface area contributed by atoms with E-state index in [4.69, 9.17) is 18.9 Å². The van der Waals surface area contributed by atoms with Crippen LogP contribution in [0.4, 0.5) is 5.69 Å². The number of carbonyl (C=O) groups is 3. The normalized spacial score (nSPS) is 13.0. The van der Waals surface area contributed by atoms with Gasteiger partial charge in [-0.15, -0.1) is 0 Å². The van der Waals surface area contributed by atoms with Gasteiger partial charge in [0, 0.05) is 5.69 Å². The highest BCUT2D eigenvalue weighted by atomic mass is 16.6. The number of ether oxygens (including phenoxy) is 4. The van der Waals surface area contributed by atoms with Crippen LogP contribution in [0.2, 0.25) is 0 Å². The van der Waals surface area contributed by atoms with Crippen molar-refractivity contribution in [3.63, 3.8) is 0 Å². The summed E-state index contributed by atoms with van der Waals surface area (Å²) in [6.07, 6.45) is 1.21. The largest absolute Gasteiger partial charge is 0.494 e. The lowest BCUT2D eigenvalue weighted by Crippen LogP contribution is -2.21. The van der Waals surface area contributed by atoms with Crippen molar-refractivity contribution in [2.75, 3.05) is 31.7 Å². The van der Waals surface area contributed by atoms with E-state index in [9.17, 15) is 14.4 Å². The molecule has 0 saturated carbocycles. The Kier molecular flexibility index (Phi) is 6.39. The van der Waals surface area contributed by atoms with E-state index in [1.807, 2.05) is 0 Å². The summed E-state index contributed by atoms with van der Waals surface area (Å²) in [6, 6.07) is 4.16. The Labute approximate surface area is 144 Å². The van der Waals surface area contributed by atoms with Crippen molar-refractivity contribution in [1.82, 2.24) is 0 Å². The predicted octanol–water partition coefficient (Wildman–Crippen LogP) is 1.87. The molecular weight excluding hydrogens is 330 g/mol. The molecule has 0 atom stereocenters. The second-order valence-corrected chi connectivity index (χ2v) is 4.90. The summed E-state index contributed by atoms with van der Waals surface area (Å²) in [5.74, 6) is -1.78. The zero-order valence-corrected chi connectivity index (χ0v) is 14.0. The van der Waals surface area contributed by atoms with E-state index >= 15 is 0 Å². The van der Waals surface area contributed by atoms with Gasteiger partial charge in [0.25, 0.3) is 5.91 Å². The molecule has 1 aromatic rings. The molecule has 0 aromatic heterocycles. The Balaban J connectivity index is 2.28. The number of anilines is 1. The smallest absolute Gasteiger partial charge is 0.338 e. The van der Waals surface area contributed by atoms with Crippen LogP contribution in [0.1, 0.15) is 34.6 Å². The SMILES string of the molecule is CCOC(=O)c1cc(NC(=O)C2=COCCO2)cc(C(=O)OCC)c1. The lowest BCUT2D eigenvalue weighted by Gasteiger charge is -2.15. The Bertz CT molecular complexity index is 660. The minimum atomic E-state index is -0.611. The van der Waals surface area contributed by atoms with Gasteiger partial charge in [-0.1, -0.05) is 0 Å². The van der Waals surface area contributed by atoms with E-state index in [0.717, 1.165) is 0 Å². The van der Waals surface area contributed by atoms with Gasteiger partial charge in [0.15, 0.2) is 0 Å². The molecule has 1 aromatic carbocycles. The maximum Gasteiger partial charge on any atom is 0.338 e. The van der Waals surface area contributed by atoms with Crippen LogP contribution in [0.25, 0.3) is 0 Å². The molecule has 0 aliphatic carbocycles. The fourth-order valence-corrected chi connectivity index (χ4v) is 2.04. The minimum absolute atomic E-state index is 0.00507. The van der Waals surface area contributed by atoms with Gasteiger partial charge in [-0.3, -0.25) is 4.79 Å². The van der Waals surface area contributed by atoms with Crippen LogP contribution in [-0.2, 0) is 23.7 Å². The van der Waals surface area contributed by atoms with Crippen LogP contribution in [0, 0.1) is 0 Å². The Morgan fingerprint density at radius 3 is 2.08 bits per heavy atom. The van der Waals surface area contributed by atoms with Gasteiger partial charge in [-0.05, 0) is 32.0 Å². The zero-order valence-electron chi connectivity index (χ0n) is 14.0. The molecule has 1 heterocycles. The molecule has 134 valence electrons. The number of hydrogen-bond donors (Lipinski definition) is 1. The van der Waals surface area contributed by atoms with Crippen LogP contribution in [-0.4, -0.2) is 44.3 Å². The van der Waals surface area contributed by atoms with Crippen molar-refractivity contribution in [3.05, 3.63) is 41.3 Å². The fourth-order valence-electron chi connectivity index (χ4n) is 2.04. The Hall–Kier alpha value is -3.03. The van der Waals surface area contributed by atoms with E-state index in [0.29, 0.717) is 6.61 Å². The lowest BCUT2D eigenvalue weighted by atomic mass is 10.1. The van der Waals surface area contributed by atoms with Crippen LogP contribution >= 0.6 is 0 Å². The third kappa shape index (κ3) is 4.97. The van der Waals surface area contributed by atoms with Crippen LogP contribution in [0.5, 0.6) is 0 Å². The van der Waals surface area contributed by atoms with Gasteiger partial charge >= 0.3 is 11.9 Å². The number of hydrogen-bond acceptors (Lipinski definition) is 7. The number of nitrogens with one attached hydrogen (secondary N) is 1. The number of esters is 2. The number of benzene rings is 1. The fraction of sp³-hybridized carbons (Fsp3) is 0.353. The summed E-state index contributed by atoms with van der Waals surface area (Å²) < 4.78 is 20.1. The molecule has 1 amide bonds. The average molecular weight is 349 g/mol. The van der Waals surface area contributed by atoms with E-state index in [-0.39, 0.29) is 42.4 Å². The molecular formula is C17H19NO7. The first-order chi connectivity index (χ1) is 12.0. The van der Waals surface area contributed by atoms with E-state index in [2.05, 4.69) is 5.32 Å². The topological polar surface area (TPSA) is 100 Å². The molecule has 2 rings (SSSR count). The van der Waals surface area contributed by atoms with E-state index in [1.54, 1.807) is 13.8 Å². The van der Waals surface area contributed by atoms with Crippen molar-refractivity contribution in [3.8, 4) is 0 Å². The summed E-state index contributed by atoms with van der Waals surface area (Å²) in [7, 11) is 0. The van der Waals surface area contributed by atoms with Crippen LogP contribution in [0.15, 0.2) is 30.2 Å². The zero-order chi connectivity index (χ0) is 18.2. The summed E-state index contributed by atoms with van der Waals surface area (Å²) in [6.45, 7) is 4.33. The monoisotopic (exact) mass is 349 g/mol. The maximum absolute atomic E-state index is 12.2. The Morgan fingerprint density at radius 1 is 1.00 bits per heavy atom. The highest BCUT2D eigenvalue weighted by molar-refractivity contribution is 6.04. The average Bonchev–Trinajstić information content (AvgIpc) is 2.62. The standard InChI is InChI=1S/C17H19NO7/c1-3-23-16(20)11-7-12(17(21)24-4-2)9-13(8-11)18-15(19)14-10-22-5-6-25-14/h7-10H,3-6H2,1-2H3,(H,18,19). The molecule has 1 aliphatic heterocycles. The van der Waals surface area contributed by atoms with Crippen LogP contribution in [0.3, 0.4) is 0 Å². The second-order valence-electron chi connectivity index (χ2n) is 4.90. The third-order valence-electron chi connectivity index (χ3n) is 3.09. The van der Waals surface area contributed by atoms with Crippen molar-refractivity contribution >= 4 is 23.5 Å². The minimum Gasteiger partial charge on any atom is -0.494 e. The number of carbonyl (C=O) groups excluding carboxylic acids is 3. The predicted molar refractivity (Wildman–Crippen MR) is 87.0 cm³/mol. The molecule has 0 radical (unpaired) electrons. The van der Waals surface area contributed by atoms with Crippen molar-refractivity contribution < 1.29 is 33.3 Å². The van der Waals surface area contributed by atoms with Gasteiger partial charge in [-0.2, -0.15) is 0 Å². The van der Waals surface area contributed by atoms with Crippen molar-refractivity contribution in [2.24, 2.45) is 0 Å². The highest BCUT2D eigenvalue weighted by Gasteiger charge is 2.19. The van der Waals surface area contributed by atoms with E-state index < -0.39 is 17.8 Å². The first-order valence-electron chi connectivity index (χ1n) is 7.80. The molecule has 1 aliphatic rings. The van der Waals surface area contributed by atoms with Gasteiger partial charge in [-0.25, -0.2) is 9.59 Å². The molecule has 8 nitrogen and oxygen atoms in total. The quantitative estimate of drug-likeness (QED) is 0.783. The number of amides is 1. The van der Waals surface area contributed by atoms with Crippen LogP contribution < -0.4 is 5.32 Å². The van der Waals surface area contributed by atoms with Gasteiger partial charge in [0.05, 0.1) is 24.3 Å². The second kappa shape index (κ2) is 8.72. The summed E-state index contributed by atoms with van der Waals surface area (Å²) >= 11 is 0. The van der Waals surface area contributed by atoms with Gasteiger partial charge < -0.3 is 24.3 Å². The Morgan fingerprint density at radius 2 is 1.60 bits per heavy atom.